The Balaban J connectivity index is 1.42. The van der Waals surface area contributed by atoms with E-state index in [2.05, 4.69) is 19.9 Å². The summed E-state index contributed by atoms with van der Waals surface area (Å²) < 4.78 is 51.2. The van der Waals surface area contributed by atoms with Crippen molar-refractivity contribution in [2.45, 2.75) is 66.8 Å². The Morgan fingerprint density at radius 2 is 1.94 bits per heavy atom. The summed E-state index contributed by atoms with van der Waals surface area (Å²) in [6.45, 7) is 5.52. The number of nitrogens with zero attached hydrogens (tertiary/aromatic N) is 4. The molecule has 2 aromatic heterocycles. The number of pyridine rings is 1. The molecule has 1 aliphatic carbocycles. The fourth-order valence-corrected chi connectivity index (χ4v) is 6.23. The molecular formula is C22H29F3N6OS2. The van der Waals surface area contributed by atoms with Crippen molar-refractivity contribution < 1.29 is 17.4 Å². The van der Waals surface area contributed by atoms with E-state index in [1.54, 1.807) is 6.20 Å². The maximum Gasteiger partial charge on any atom is 0.434 e. The van der Waals surface area contributed by atoms with Crippen LogP contribution in [0.1, 0.15) is 51.6 Å². The fraction of sp³-hybridized carbons (Fsp3) is 0.591. The number of nitrogen functional groups attached to an aromatic ring is 1. The molecule has 1 spiro atoms. The number of aromatic nitrogens is 3. The number of alkyl halides is 3. The van der Waals surface area contributed by atoms with Gasteiger partial charge in [-0.2, -0.15) is 13.2 Å². The van der Waals surface area contributed by atoms with Gasteiger partial charge in [0, 0.05) is 24.2 Å². The Morgan fingerprint density at radius 1 is 1.24 bits per heavy atom. The van der Waals surface area contributed by atoms with E-state index in [1.165, 1.54) is 12.1 Å². The van der Waals surface area contributed by atoms with Gasteiger partial charge in [-0.3, -0.25) is 10.1 Å². The second-order valence-electron chi connectivity index (χ2n) is 9.71. The Hall–Kier alpha value is -1.92. The van der Waals surface area contributed by atoms with Crippen molar-refractivity contribution >= 4 is 34.4 Å². The van der Waals surface area contributed by atoms with Gasteiger partial charge in [-0.15, -0.1) is 0 Å². The number of hydrogen-bond acceptors (Lipinski definition) is 7. The monoisotopic (exact) mass is 514 g/mol. The van der Waals surface area contributed by atoms with Crippen molar-refractivity contribution in [2.24, 2.45) is 16.5 Å². The molecule has 0 aromatic carbocycles. The number of anilines is 2. The highest BCUT2D eigenvalue weighted by Gasteiger charge is 2.50. The van der Waals surface area contributed by atoms with Gasteiger partial charge in [0.05, 0.1) is 21.9 Å². The normalized spacial score (nSPS) is 21.4. The smallest absolute Gasteiger partial charge is 0.381 e. The van der Waals surface area contributed by atoms with Crippen molar-refractivity contribution in [1.82, 2.24) is 15.0 Å². The summed E-state index contributed by atoms with van der Waals surface area (Å²) in [6, 6.07) is 2.79. The van der Waals surface area contributed by atoms with Crippen LogP contribution in [0.5, 0.6) is 0 Å². The van der Waals surface area contributed by atoms with Crippen LogP contribution in [-0.4, -0.2) is 37.0 Å². The van der Waals surface area contributed by atoms with Gasteiger partial charge in [0.15, 0.2) is 11.5 Å². The van der Waals surface area contributed by atoms with Crippen molar-refractivity contribution in [3.05, 3.63) is 30.2 Å². The third kappa shape index (κ3) is 5.03. The molecule has 1 unspecified atom stereocenters. The second-order valence-corrected chi connectivity index (χ2v) is 12.4. The highest BCUT2D eigenvalue weighted by molar-refractivity contribution is 7.99. The third-order valence-electron chi connectivity index (χ3n) is 7.22. The predicted molar refractivity (Wildman–Crippen MR) is 127 cm³/mol. The van der Waals surface area contributed by atoms with E-state index in [-0.39, 0.29) is 21.2 Å². The molecule has 1 saturated carbocycles. The van der Waals surface area contributed by atoms with Gasteiger partial charge in [-0.25, -0.2) is 14.2 Å². The highest BCUT2D eigenvalue weighted by atomic mass is 32.2. The summed E-state index contributed by atoms with van der Waals surface area (Å²) in [5.41, 5.74) is 5.36. The first-order chi connectivity index (χ1) is 15.9. The predicted octanol–water partition coefficient (Wildman–Crippen LogP) is 4.41. The maximum absolute atomic E-state index is 13.2. The molecule has 7 nitrogen and oxygen atoms in total. The SMILES string of the molecule is CC(C)(C[C@@H]1CCC12CCN(c1cnc(Sc3cccnc3C(F)(F)F)c(N)n1)CC2)S(N)=O. The molecular weight excluding hydrogens is 485 g/mol. The highest BCUT2D eigenvalue weighted by Crippen LogP contribution is 2.56. The standard InChI is InChI=1S/C22H29F3N6OS2/c1-20(2,34(27)32)12-14-5-6-21(14)7-10-31(11-8-21)16-13-29-19(18(26)30-16)33-15-4-3-9-28-17(15)22(23,24)25/h3-4,9,13-14H,5-8,10-12,27H2,1-2H3,(H2,26,30)/t14-,34?/m0/s1. The summed E-state index contributed by atoms with van der Waals surface area (Å²) in [6.07, 6.45) is 3.24. The van der Waals surface area contributed by atoms with Gasteiger partial charge < -0.3 is 10.6 Å². The number of nitrogens with two attached hydrogens (primary N) is 2. The molecule has 3 heterocycles. The minimum atomic E-state index is -4.57. The van der Waals surface area contributed by atoms with Gasteiger partial charge in [-0.1, -0.05) is 11.8 Å². The van der Waals surface area contributed by atoms with Crippen LogP contribution in [-0.2, 0) is 17.2 Å². The molecule has 0 amide bonds. The molecule has 2 aromatic rings. The minimum Gasteiger partial charge on any atom is -0.381 e. The quantitative estimate of drug-likeness (QED) is 0.587. The molecule has 1 aliphatic heterocycles. The van der Waals surface area contributed by atoms with Crippen molar-refractivity contribution in [3.8, 4) is 0 Å². The Kier molecular flexibility index (Phi) is 6.87. The summed E-state index contributed by atoms with van der Waals surface area (Å²) >= 11 is 0.809. The molecule has 2 atom stereocenters. The first kappa shape index (κ1) is 25.2. The van der Waals surface area contributed by atoms with E-state index < -0.39 is 27.6 Å². The van der Waals surface area contributed by atoms with E-state index in [1.807, 2.05) is 13.8 Å². The lowest BCUT2D eigenvalue weighted by molar-refractivity contribution is -0.143. The molecule has 12 heteroatoms. The van der Waals surface area contributed by atoms with Crippen LogP contribution in [0.4, 0.5) is 24.8 Å². The van der Waals surface area contributed by atoms with Crippen LogP contribution in [0.2, 0.25) is 0 Å². The van der Waals surface area contributed by atoms with Gasteiger partial charge in [-0.05, 0) is 69.4 Å². The van der Waals surface area contributed by atoms with Gasteiger partial charge in [0.2, 0.25) is 0 Å². The van der Waals surface area contributed by atoms with Crippen molar-refractivity contribution in [1.29, 1.82) is 0 Å². The second kappa shape index (κ2) is 9.27. The van der Waals surface area contributed by atoms with E-state index in [0.29, 0.717) is 11.7 Å². The molecule has 0 radical (unpaired) electrons. The largest absolute Gasteiger partial charge is 0.434 e. The molecule has 34 heavy (non-hydrogen) atoms. The van der Waals surface area contributed by atoms with Crippen LogP contribution >= 0.6 is 11.8 Å². The van der Waals surface area contributed by atoms with E-state index >= 15 is 0 Å². The molecule has 1 saturated heterocycles. The molecule has 186 valence electrons. The molecule has 2 aliphatic rings. The van der Waals surface area contributed by atoms with Crippen LogP contribution in [0.15, 0.2) is 34.4 Å². The van der Waals surface area contributed by atoms with E-state index in [4.69, 9.17) is 10.9 Å². The molecule has 4 rings (SSSR count). The topological polar surface area (TPSA) is 111 Å². The minimum absolute atomic E-state index is 0.0685. The average Bonchev–Trinajstić information content (AvgIpc) is 2.78. The van der Waals surface area contributed by atoms with Crippen LogP contribution in [0.25, 0.3) is 0 Å². The summed E-state index contributed by atoms with van der Waals surface area (Å²) in [4.78, 5) is 14.3. The van der Waals surface area contributed by atoms with E-state index in [9.17, 15) is 17.4 Å². The van der Waals surface area contributed by atoms with Crippen LogP contribution < -0.4 is 15.8 Å². The third-order valence-corrected chi connectivity index (χ3v) is 9.53. The Labute approximate surface area is 203 Å². The van der Waals surface area contributed by atoms with E-state index in [0.717, 1.165) is 63.2 Å². The van der Waals surface area contributed by atoms with Gasteiger partial charge in [0.25, 0.3) is 0 Å². The zero-order chi connectivity index (χ0) is 24.7. The van der Waals surface area contributed by atoms with Crippen LogP contribution in [0.3, 0.4) is 0 Å². The molecule has 2 fully saturated rings. The molecule has 0 bridgehead atoms. The van der Waals surface area contributed by atoms with Gasteiger partial charge in [0.1, 0.15) is 10.8 Å². The van der Waals surface area contributed by atoms with Crippen LogP contribution in [0, 0.1) is 11.3 Å². The number of halogens is 3. The Bertz CT molecular complexity index is 1070. The number of rotatable bonds is 6. The maximum atomic E-state index is 13.2. The lowest BCUT2D eigenvalue weighted by Gasteiger charge is -2.55. The lowest BCUT2D eigenvalue weighted by Crippen LogP contribution is -2.52. The average molecular weight is 515 g/mol. The lowest BCUT2D eigenvalue weighted by atomic mass is 9.54. The zero-order valence-corrected chi connectivity index (χ0v) is 20.8. The first-order valence-electron chi connectivity index (χ1n) is 11.2. The summed E-state index contributed by atoms with van der Waals surface area (Å²) in [5, 5.41) is 5.91. The van der Waals surface area contributed by atoms with Crippen molar-refractivity contribution in [2.75, 3.05) is 23.7 Å². The number of hydrogen-bond donors (Lipinski definition) is 2. The molecule has 4 N–H and O–H groups in total. The van der Waals surface area contributed by atoms with Crippen molar-refractivity contribution in [3.63, 3.8) is 0 Å². The summed E-state index contributed by atoms with van der Waals surface area (Å²) in [5.74, 6) is 1.22. The number of piperidine rings is 1. The first-order valence-corrected chi connectivity index (χ1v) is 13.2. The fourth-order valence-electron chi connectivity index (χ4n) is 4.99. The summed E-state index contributed by atoms with van der Waals surface area (Å²) in [7, 11) is -1.36. The zero-order valence-electron chi connectivity index (χ0n) is 19.1. The van der Waals surface area contributed by atoms with Gasteiger partial charge >= 0.3 is 6.18 Å². The Morgan fingerprint density at radius 3 is 2.50 bits per heavy atom.